The van der Waals surface area contributed by atoms with Crippen LogP contribution >= 0.6 is 0 Å². The Balaban J connectivity index is 1.01. The highest BCUT2D eigenvalue weighted by atomic mass is 16.3. The quantitative estimate of drug-likeness (QED) is 0.161. The van der Waals surface area contributed by atoms with Gasteiger partial charge < -0.3 is 13.7 Å². The first-order valence-electron chi connectivity index (χ1n) is 20.7. The van der Waals surface area contributed by atoms with Crippen LogP contribution in [-0.2, 0) is 0 Å². The molecule has 0 amide bonds. The predicted octanol–water partition coefficient (Wildman–Crippen LogP) is 16.8. The summed E-state index contributed by atoms with van der Waals surface area (Å²) in [6.07, 6.45) is 0. The lowest BCUT2D eigenvalue weighted by atomic mass is 9.96. The fourth-order valence-electron chi connectivity index (χ4n) is 9.12. The van der Waals surface area contributed by atoms with E-state index in [2.05, 4.69) is 205 Å². The summed E-state index contributed by atoms with van der Waals surface area (Å²) in [4.78, 5) is 2.37. The molecule has 0 fully saturated rings. The molecule has 0 spiro atoms. The molecule has 0 aliphatic rings. The molecule has 2 aromatic heterocycles. The molecule has 3 nitrogen and oxygen atoms in total. The first-order chi connectivity index (χ1) is 30.2. The first kappa shape index (κ1) is 34.9. The van der Waals surface area contributed by atoms with Gasteiger partial charge in [0.1, 0.15) is 22.3 Å². The van der Waals surface area contributed by atoms with Gasteiger partial charge in [0.25, 0.3) is 0 Å². The van der Waals surface area contributed by atoms with Crippen LogP contribution in [0.15, 0.2) is 233 Å². The SMILES string of the molecule is c1cc(-c2cccc(N(c3ccc(-c4cccc5c4oc4ccccc45)cc3)c3ccccc3-c3cccc4c3oc3ccccc34)c2)cc(-c2ccc3ccccc3c2)c1. The second-order valence-corrected chi connectivity index (χ2v) is 15.7. The Labute approximate surface area is 353 Å². The van der Waals surface area contributed by atoms with Crippen LogP contribution in [0, 0.1) is 0 Å². The van der Waals surface area contributed by atoms with Crippen molar-refractivity contribution >= 4 is 71.7 Å². The van der Waals surface area contributed by atoms with E-state index in [4.69, 9.17) is 8.83 Å². The Morgan fingerprint density at radius 3 is 1.52 bits per heavy atom. The molecule has 0 N–H and O–H groups in total. The van der Waals surface area contributed by atoms with Crippen LogP contribution in [0.1, 0.15) is 0 Å². The maximum absolute atomic E-state index is 6.63. The van der Waals surface area contributed by atoms with Gasteiger partial charge in [-0.25, -0.2) is 0 Å². The molecule has 0 aliphatic heterocycles. The van der Waals surface area contributed by atoms with Crippen molar-refractivity contribution in [3.05, 3.63) is 224 Å². The standard InChI is InChI=1S/C58H37NO2/c1-2-14-40-35-44(30-29-38(40)13-1)42-16-9-15-41(36-42)43-17-10-18-46(37-43)59(45-33-31-39(32-34-45)47-22-11-24-52-49-20-4-7-27-55(49)60-57(47)52)54-26-6-3-19-48(54)51-23-12-25-53-50-21-5-8-28-56(50)61-58(51)53/h1-37H. The zero-order valence-corrected chi connectivity index (χ0v) is 33.1. The van der Waals surface area contributed by atoms with Gasteiger partial charge in [0.15, 0.2) is 0 Å². The zero-order valence-electron chi connectivity index (χ0n) is 33.1. The van der Waals surface area contributed by atoms with Crippen LogP contribution in [-0.4, -0.2) is 0 Å². The summed E-state index contributed by atoms with van der Waals surface area (Å²) in [5.74, 6) is 0. The molecule has 61 heavy (non-hydrogen) atoms. The lowest BCUT2D eigenvalue weighted by molar-refractivity contribution is 0.669. The van der Waals surface area contributed by atoms with Gasteiger partial charge in [0.2, 0.25) is 0 Å². The van der Waals surface area contributed by atoms with Crippen molar-refractivity contribution < 1.29 is 8.83 Å². The summed E-state index contributed by atoms with van der Waals surface area (Å²) in [7, 11) is 0. The molecule has 0 radical (unpaired) electrons. The van der Waals surface area contributed by atoms with Crippen molar-refractivity contribution in [2.75, 3.05) is 4.90 Å². The second kappa shape index (κ2) is 14.3. The normalized spacial score (nSPS) is 11.6. The third-order valence-electron chi connectivity index (χ3n) is 12.1. The highest BCUT2D eigenvalue weighted by molar-refractivity contribution is 6.11. The largest absolute Gasteiger partial charge is 0.455 e. The smallest absolute Gasteiger partial charge is 0.143 e. The van der Waals surface area contributed by atoms with Gasteiger partial charge >= 0.3 is 0 Å². The Morgan fingerprint density at radius 2 is 0.787 bits per heavy atom. The summed E-state index contributed by atoms with van der Waals surface area (Å²) >= 11 is 0. The zero-order chi connectivity index (χ0) is 40.3. The van der Waals surface area contributed by atoms with Crippen LogP contribution in [0.2, 0.25) is 0 Å². The van der Waals surface area contributed by atoms with Crippen molar-refractivity contribution in [3.8, 4) is 44.5 Å². The van der Waals surface area contributed by atoms with Crippen LogP contribution in [0.5, 0.6) is 0 Å². The average molecular weight is 780 g/mol. The summed E-state index contributed by atoms with van der Waals surface area (Å²) < 4.78 is 13.1. The van der Waals surface area contributed by atoms with Crippen molar-refractivity contribution in [2.45, 2.75) is 0 Å². The molecule has 0 aliphatic carbocycles. The Bertz CT molecular complexity index is 3610. The van der Waals surface area contributed by atoms with Crippen molar-refractivity contribution in [1.82, 2.24) is 0 Å². The molecule has 0 saturated carbocycles. The maximum Gasteiger partial charge on any atom is 0.143 e. The molecule has 12 rings (SSSR count). The molecule has 0 atom stereocenters. The summed E-state index contributed by atoms with van der Waals surface area (Å²) in [5, 5.41) is 6.94. The van der Waals surface area contributed by atoms with Crippen LogP contribution < -0.4 is 4.90 Å². The third-order valence-corrected chi connectivity index (χ3v) is 12.1. The summed E-state index contributed by atoms with van der Waals surface area (Å²) in [6.45, 7) is 0. The van der Waals surface area contributed by atoms with E-state index in [1.165, 1.54) is 21.9 Å². The van der Waals surface area contributed by atoms with Gasteiger partial charge in [-0.15, -0.1) is 0 Å². The van der Waals surface area contributed by atoms with Gasteiger partial charge in [-0.1, -0.05) is 170 Å². The average Bonchev–Trinajstić information content (AvgIpc) is 3.91. The molecular formula is C58H37NO2. The minimum atomic E-state index is 0.879. The number of fused-ring (bicyclic) bond motifs is 7. The first-order valence-corrected chi connectivity index (χ1v) is 20.7. The summed E-state index contributed by atoms with van der Waals surface area (Å²) in [6, 6.07) is 80.0. The van der Waals surface area contributed by atoms with E-state index in [9.17, 15) is 0 Å². The molecule has 286 valence electrons. The number of furan rings is 2. The maximum atomic E-state index is 6.63. The minimum absolute atomic E-state index is 0.879. The number of hydrogen-bond donors (Lipinski definition) is 0. The highest BCUT2D eigenvalue weighted by Gasteiger charge is 2.21. The Morgan fingerprint density at radius 1 is 0.279 bits per heavy atom. The van der Waals surface area contributed by atoms with Gasteiger partial charge in [-0.3, -0.25) is 0 Å². The van der Waals surface area contributed by atoms with Crippen molar-refractivity contribution in [2.24, 2.45) is 0 Å². The molecular weight excluding hydrogens is 743 g/mol. The number of benzene rings is 10. The van der Waals surface area contributed by atoms with Crippen molar-refractivity contribution in [1.29, 1.82) is 0 Å². The third kappa shape index (κ3) is 5.98. The van der Waals surface area contributed by atoms with E-state index < -0.39 is 0 Å². The van der Waals surface area contributed by atoms with Crippen molar-refractivity contribution in [3.63, 3.8) is 0 Å². The summed E-state index contributed by atoms with van der Waals surface area (Å²) in [5.41, 5.74) is 15.6. The van der Waals surface area contributed by atoms with E-state index in [1.54, 1.807) is 0 Å². The van der Waals surface area contributed by atoms with E-state index in [0.717, 1.165) is 94.3 Å². The molecule has 2 heterocycles. The number of anilines is 3. The van der Waals surface area contributed by atoms with Gasteiger partial charge in [-0.05, 0) is 93.2 Å². The van der Waals surface area contributed by atoms with Crippen LogP contribution in [0.25, 0.3) is 99.2 Å². The number of rotatable bonds is 7. The van der Waals surface area contributed by atoms with Gasteiger partial charge in [0, 0.05) is 49.6 Å². The topological polar surface area (TPSA) is 29.5 Å². The van der Waals surface area contributed by atoms with E-state index in [1.807, 2.05) is 24.3 Å². The molecule has 0 bridgehead atoms. The Hall–Kier alpha value is -8.14. The lowest BCUT2D eigenvalue weighted by Crippen LogP contribution is -2.11. The van der Waals surface area contributed by atoms with E-state index in [-0.39, 0.29) is 0 Å². The van der Waals surface area contributed by atoms with E-state index in [0.29, 0.717) is 0 Å². The monoisotopic (exact) mass is 779 g/mol. The minimum Gasteiger partial charge on any atom is -0.455 e. The molecule has 0 unspecified atom stereocenters. The number of nitrogens with zero attached hydrogens (tertiary/aromatic N) is 1. The van der Waals surface area contributed by atoms with Gasteiger partial charge in [-0.2, -0.15) is 0 Å². The number of para-hydroxylation sites is 5. The fourth-order valence-corrected chi connectivity index (χ4v) is 9.12. The lowest BCUT2D eigenvalue weighted by Gasteiger charge is -2.28. The number of hydrogen-bond acceptors (Lipinski definition) is 3. The highest BCUT2D eigenvalue weighted by Crippen LogP contribution is 2.46. The van der Waals surface area contributed by atoms with Gasteiger partial charge in [0.05, 0.1) is 5.69 Å². The fraction of sp³-hybridized carbons (Fsp3) is 0. The van der Waals surface area contributed by atoms with Crippen LogP contribution in [0.4, 0.5) is 17.1 Å². The second-order valence-electron chi connectivity index (χ2n) is 15.7. The molecule has 10 aromatic carbocycles. The molecule has 12 aromatic rings. The Kier molecular flexibility index (Phi) is 8.17. The van der Waals surface area contributed by atoms with Crippen LogP contribution in [0.3, 0.4) is 0 Å². The molecule has 0 saturated heterocycles. The molecule has 3 heteroatoms. The predicted molar refractivity (Wildman–Crippen MR) is 255 cm³/mol. The van der Waals surface area contributed by atoms with E-state index >= 15 is 0 Å².